The van der Waals surface area contributed by atoms with Gasteiger partial charge in [0.2, 0.25) is 5.91 Å². The normalized spacial score (nSPS) is 10.3. The fourth-order valence-electron chi connectivity index (χ4n) is 2.34. The first kappa shape index (κ1) is 19.3. The first-order valence-corrected chi connectivity index (χ1v) is 9.19. The lowest BCUT2D eigenvalue weighted by atomic mass is 10.1. The highest BCUT2D eigenvalue weighted by atomic mass is 32.2. The summed E-state index contributed by atoms with van der Waals surface area (Å²) in [6.45, 7) is 0. The summed E-state index contributed by atoms with van der Waals surface area (Å²) in [4.78, 5) is 22.2. The number of non-ortho nitro benzene ring substituents is 1. The highest BCUT2D eigenvalue weighted by Crippen LogP contribution is 2.23. The minimum atomic E-state index is -0.491. The van der Waals surface area contributed by atoms with Gasteiger partial charge in [-0.3, -0.25) is 14.9 Å². The van der Waals surface area contributed by atoms with Crippen molar-refractivity contribution in [2.24, 2.45) is 0 Å². The maximum absolute atomic E-state index is 12.0. The van der Waals surface area contributed by atoms with Crippen LogP contribution in [0, 0.1) is 10.1 Å². The second-order valence-electron chi connectivity index (χ2n) is 5.63. The summed E-state index contributed by atoms with van der Waals surface area (Å²) >= 11 is 1.25. The number of methoxy groups -OCH3 is 1. The zero-order chi connectivity index (χ0) is 19.9. The molecule has 0 aliphatic heterocycles. The van der Waals surface area contributed by atoms with Gasteiger partial charge in [-0.05, 0) is 36.4 Å². The Balaban J connectivity index is 1.55. The number of nitro groups is 1. The summed E-state index contributed by atoms with van der Waals surface area (Å²) in [6, 6.07) is 16.8. The molecular weight excluding hydrogens is 380 g/mol. The van der Waals surface area contributed by atoms with Crippen molar-refractivity contribution in [1.29, 1.82) is 0 Å². The quantitative estimate of drug-likeness (QED) is 0.368. The van der Waals surface area contributed by atoms with Crippen molar-refractivity contribution < 1.29 is 14.5 Å². The van der Waals surface area contributed by atoms with Crippen molar-refractivity contribution in [2.45, 2.75) is 5.03 Å². The number of amides is 1. The van der Waals surface area contributed by atoms with Crippen LogP contribution in [0.3, 0.4) is 0 Å². The molecule has 0 aliphatic carbocycles. The van der Waals surface area contributed by atoms with Gasteiger partial charge in [-0.15, -0.1) is 10.2 Å². The van der Waals surface area contributed by atoms with Gasteiger partial charge in [-0.25, -0.2) is 0 Å². The zero-order valence-corrected chi connectivity index (χ0v) is 15.7. The van der Waals surface area contributed by atoms with E-state index >= 15 is 0 Å². The smallest absolute Gasteiger partial charge is 0.269 e. The average Bonchev–Trinajstić information content (AvgIpc) is 2.73. The van der Waals surface area contributed by atoms with Crippen LogP contribution in [0.5, 0.6) is 5.75 Å². The molecule has 1 N–H and O–H groups in total. The van der Waals surface area contributed by atoms with E-state index in [4.69, 9.17) is 4.74 Å². The van der Waals surface area contributed by atoms with Crippen LogP contribution in [-0.4, -0.2) is 33.9 Å². The first-order valence-electron chi connectivity index (χ1n) is 8.20. The number of nitrogens with zero attached hydrogens (tertiary/aromatic N) is 3. The molecule has 1 heterocycles. The minimum absolute atomic E-state index is 0.0289. The molecule has 0 bridgehead atoms. The summed E-state index contributed by atoms with van der Waals surface area (Å²) in [7, 11) is 1.60. The van der Waals surface area contributed by atoms with Crippen molar-refractivity contribution in [3.05, 3.63) is 70.8 Å². The number of hydrogen-bond donors (Lipinski definition) is 1. The Morgan fingerprint density at radius 1 is 1.14 bits per heavy atom. The monoisotopic (exact) mass is 396 g/mol. The minimum Gasteiger partial charge on any atom is -0.497 e. The molecule has 1 amide bonds. The van der Waals surface area contributed by atoms with Gasteiger partial charge in [0, 0.05) is 23.4 Å². The second-order valence-corrected chi connectivity index (χ2v) is 6.63. The van der Waals surface area contributed by atoms with Gasteiger partial charge in [0.25, 0.3) is 5.69 Å². The number of carbonyl (C=O) groups excluding carboxylic acids is 1. The van der Waals surface area contributed by atoms with Gasteiger partial charge in [0.1, 0.15) is 10.8 Å². The Morgan fingerprint density at radius 2 is 1.93 bits per heavy atom. The van der Waals surface area contributed by atoms with Crippen LogP contribution in [0.25, 0.3) is 11.3 Å². The molecule has 0 saturated heterocycles. The first-order chi connectivity index (χ1) is 13.5. The molecule has 0 radical (unpaired) electrons. The van der Waals surface area contributed by atoms with Crippen molar-refractivity contribution in [1.82, 2.24) is 10.2 Å². The Bertz CT molecular complexity index is 978. The van der Waals surface area contributed by atoms with Crippen LogP contribution in [0.4, 0.5) is 11.4 Å². The Morgan fingerprint density at radius 3 is 2.57 bits per heavy atom. The molecule has 0 saturated carbocycles. The third kappa shape index (κ3) is 5.04. The lowest BCUT2D eigenvalue weighted by Gasteiger charge is -2.06. The number of rotatable bonds is 7. The molecule has 3 aromatic rings. The molecule has 0 unspecified atom stereocenters. The third-order valence-electron chi connectivity index (χ3n) is 3.72. The molecule has 9 heteroatoms. The topological polar surface area (TPSA) is 107 Å². The van der Waals surface area contributed by atoms with Gasteiger partial charge >= 0.3 is 0 Å². The predicted molar refractivity (Wildman–Crippen MR) is 106 cm³/mol. The molecular formula is C19H16N4O4S. The molecule has 0 fully saturated rings. The third-order valence-corrected chi connectivity index (χ3v) is 4.64. The number of ether oxygens (including phenoxy) is 1. The fraction of sp³-hybridized carbons (Fsp3) is 0.105. The van der Waals surface area contributed by atoms with Crippen molar-refractivity contribution in [2.75, 3.05) is 18.2 Å². The number of anilines is 1. The van der Waals surface area contributed by atoms with E-state index in [1.165, 1.54) is 36.0 Å². The summed E-state index contributed by atoms with van der Waals surface area (Å²) < 4.78 is 5.20. The SMILES string of the molecule is COc1cccc(-c2ccc(SCC(=O)Nc3ccc([N+](=O)[O-])cc3)nn2)c1. The highest BCUT2D eigenvalue weighted by molar-refractivity contribution is 7.99. The van der Waals surface area contributed by atoms with Gasteiger partial charge < -0.3 is 10.1 Å². The predicted octanol–water partition coefficient (Wildman–Crippen LogP) is 3.79. The molecule has 0 aliphatic rings. The Hall–Kier alpha value is -3.46. The highest BCUT2D eigenvalue weighted by Gasteiger charge is 2.08. The number of hydrogen-bond acceptors (Lipinski definition) is 7. The molecule has 28 heavy (non-hydrogen) atoms. The van der Waals surface area contributed by atoms with E-state index in [2.05, 4.69) is 15.5 Å². The molecule has 8 nitrogen and oxygen atoms in total. The van der Waals surface area contributed by atoms with E-state index < -0.39 is 4.92 Å². The maximum atomic E-state index is 12.0. The Labute approximate surface area is 165 Å². The van der Waals surface area contributed by atoms with Crippen LogP contribution in [0.1, 0.15) is 0 Å². The molecule has 3 rings (SSSR count). The Kier molecular flexibility index (Phi) is 6.18. The summed E-state index contributed by atoms with van der Waals surface area (Å²) in [6.07, 6.45) is 0. The number of nitro benzene ring substituents is 1. The number of aromatic nitrogens is 2. The molecule has 142 valence electrons. The number of carbonyl (C=O) groups is 1. The fourth-order valence-corrected chi connectivity index (χ4v) is 2.95. The van der Waals surface area contributed by atoms with Crippen LogP contribution >= 0.6 is 11.8 Å². The van der Waals surface area contributed by atoms with Gasteiger partial charge in [-0.1, -0.05) is 23.9 Å². The number of thioether (sulfide) groups is 1. The van der Waals surface area contributed by atoms with Crippen LogP contribution in [0.2, 0.25) is 0 Å². The lowest BCUT2D eigenvalue weighted by Crippen LogP contribution is -2.14. The molecule has 1 aromatic heterocycles. The van der Waals surface area contributed by atoms with Gasteiger partial charge in [0.15, 0.2) is 0 Å². The zero-order valence-electron chi connectivity index (χ0n) is 14.9. The van der Waals surface area contributed by atoms with E-state index in [0.29, 0.717) is 16.4 Å². The summed E-state index contributed by atoms with van der Waals surface area (Å²) in [5.41, 5.74) is 2.06. The number of nitrogens with one attached hydrogen (secondary N) is 1. The summed E-state index contributed by atoms with van der Waals surface area (Å²) in [5, 5.41) is 22.3. The van der Waals surface area contributed by atoms with E-state index in [1.54, 1.807) is 13.2 Å². The maximum Gasteiger partial charge on any atom is 0.269 e. The standard InChI is InChI=1S/C19H16N4O4S/c1-27-16-4-2-3-13(11-16)17-9-10-19(22-21-17)28-12-18(24)20-14-5-7-15(8-6-14)23(25)26/h2-11H,12H2,1H3,(H,20,24). The summed E-state index contributed by atoms with van der Waals surface area (Å²) in [5.74, 6) is 0.641. The molecule has 0 atom stereocenters. The second kappa shape index (κ2) is 8.96. The van der Waals surface area contributed by atoms with Gasteiger partial charge in [-0.2, -0.15) is 0 Å². The van der Waals surface area contributed by atoms with Crippen LogP contribution < -0.4 is 10.1 Å². The lowest BCUT2D eigenvalue weighted by molar-refractivity contribution is -0.384. The molecule has 2 aromatic carbocycles. The van der Waals surface area contributed by atoms with Gasteiger partial charge in [0.05, 0.1) is 23.5 Å². The van der Waals surface area contributed by atoms with Crippen molar-refractivity contribution >= 4 is 29.0 Å². The van der Waals surface area contributed by atoms with Crippen LogP contribution in [-0.2, 0) is 4.79 Å². The van der Waals surface area contributed by atoms with Crippen molar-refractivity contribution in [3.63, 3.8) is 0 Å². The van der Waals surface area contributed by atoms with E-state index in [-0.39, 0.29) is 17.3 Å². The number of benzene rings is 2. The molecule has 0 spiro atoms. The average molecular weight is 396 g/mol. The van der Waals surface area contributed by atoms with E-state index in [0.717, 1.165) is 11.3 Å². The van der Waals surface area contributed by atoms with Crippen LogP contribution in [0.15, 0.2) is 65.7 Å². The largest absolute Gasteiger partial charge is 0.497 e. The van der Waals surface area contributed by atoms with E-state index in [9.17, 15) is 14.9 Å². The van der Waals surface area contributed by atoms with Crippen molar-refractivity contribution in [3.8, 4) is 17.0 Å². The van der Waals surface area contributed by atoms with E-state index in [1.807, 2.05) is 30.3 Å².